The topological polar surface area (TPSA) is 179 Å². The summed E-state index contributed by atoms with van der Waals surface area (Å²) < 4.78 is 87.7. The first-order valence-corrected chi connectivity index (χ1v) is 10.1. The van der Waals surface area contributed by atoms with Crippen LogP contribution in [-0.4, -0.2) is 60.9 Å². The molecule has 0 heterocycles. The Bertz CT molecular complexity index is 901. The van der Waals surface area contributed by atoms with Gasteiger partial charge in [-0.05, 0) is 26.7 Å². The molecule has 2 unspecified atom stereocenters. The molecular weight excluding hydrogens is 468 g/mol. The molecule has 0 fully saturated rings. The van der Waals surface area contributed by atoms with Gasteiger partial charge in [0.05, 0.1) is 12.1 Å². The van der Waals surface area contributed by atoms with Crippen LogP contribution in [0.3, 0.4) is 0 Å². The zero-order valence-corrected chi connectivity index (χ0v) is 17.7. The van der Waals surface area contributed by atoms with Crippen LogP contribution in [0.5, 0.6) is 0 Å². The fraction of sp³-hybridized carbons (Fsp3) is 0.750. The Balaban J connectivity index is 4.94. The lowest BCUT2D eigenvalue weighted by Gasteiger charge is -2.19. The molecule has 0 aliphatic rings. The maximum Gasteiger partial charge on any atom is 0.402 e. The smallest absolute Gasteiger partial charge is 0.402 e. The van der Waals surface area contributed by atoms with Crippen LogP contribution in [0, 0.1) is 22.7 Å². The fourth-order valence-electron chi connectivity index (χ4n) is 1.71. The van der Waals surface area contributed by atoms with E-state index in [0.29, 0.717) is 0 Å². The normalized spacial score (nSPS) is 15.9. The van der Waals surface area contributed by atoms with Crippen molar-refractivity contribution in [1.29, 1.82) is 10.5 Å². The molecule has 0 saturated heterocycles. The first-order chi connectivity index (χ1) is 14.5. The number of carbonyl (C=O) groups excluding carboxylic acids is 2. The standard InChI is InChI=1S/C16H20F4N4O7S/c1-14(8-21,5-3-12(25)30-7-11(17)18)23-24-15(2,9-22)6-4-13(26)31-10-16(19,20)32(27,28)29/h11H,3-7,10H2,1-2H3,(H,27,28,29). The zero-order chi connectivity index (χ0) is 25.2. The van der Waals surface area contributed by atoms with Crippen LogP contribution in [-0.2, 0) is 29.2 Å². The van der Waals surface area contributed by atoms with Gasteiger partial charge in [0.25, 0.3) is 6.43 Å². The number of halogens is 4. The van der Waals surface area contributed by atoms with Crippen LogP contribution in [0.25, 0.3) is 0 Å². The minimum absolute atomic E-state index is 0.288. The molecule has 0 spiro atoms. The molecule has 1 N–H and O–H groups in total. The Morgan fingerprint density at radius 3 is 1.75 bits per heavy atom. The molecule has 0 aromatic rings. The predicted molar refractivity (Wildman–Crippen MR) is 95.8 cm³/mol. The molecule has 11 nitrogen and oxygen atoms in total. The van der Waals surface area contributed by atoms with Crippen molar-refractivity contribution in [2.45, 2.75) is 62.3 Å². The lowest BCUT2D eigenvalue weighted by Crippen LogP contribution is -2.34. The molecule has 180 valence electrons. The van der Waals surface area contributed by atoms with E-state index >= 15 is 0 Å². The summed E-state index contributed by atoms with van der Waals surface area (Å²) in [5, 5.41) is 21.1. The number of esters is 2. The van der Waals surface area contributed by atoms with Crippen LogP contribution < -0.4 is 0 Å². The van der Waals surface area contributed by atoms with Crippen molar-refractivity contribution in [2.75, 3.05) is 13.2 Å². The van der Waals surface area contributed by atoms with Crippen LogP contribution in [0.4, 0.5) is 17.6 Å². The summed E-state index contributed by atoms with van der Waals surface area (Å²) in [7, 11) is -5.79. The van der Waals surface area contributed by atoms with Crippen molar-refractivity contribution < 1.29 is 49.6 Å². The van der Waals surface area contributed by atoms with E-state index in [-0.39, 0.29) is 6.42 Å². The molecule has 32 heavy (non-hydrogen) atoms. The number of carbonyl (C=O) groups is 2. The van der Waals surface area contributed by atoms with Crippen molar-refractivity contribution in [3.05, 3.63) is 0 Å². The molecule has 16 heteroatoms. The molecule has 0 aliphatic heterocycles. The minimum atomic E-state index is -5.79. The third-order valence-electron chi connectivity index (χ3n) is 3.75. The maximum atomic E-state index is 13.0. The highest BCUT2D eigenvalue weighted by Gasteiger charge is 2.45. The van der Waals surface area contributed by atoms with Crippen LogP contribution in [0.15, 0.2) is 10.2 Å². The van der Waals surface area contributed by atoms with Gasteiger partial charge in [-0.15, -0.1) is 0 Å². The molecule has 0 rings (SSSR count). The predicted octanol–water partition coefficient (Wildman–Crippen LogP) is 2.40. The van der Waals surface area contributed by atoms with Gasteiger partial charge in [0.15, 0.2) is 24.3 Å². The van der Waals surface area contributed by atoms with Crippen molar-refractivity contribution >= 4 is 22.1 Å². The van der Waals surface area contributed by atoms with E-state index in [2.05, 4.69) is 19.7 Å². The number of hydrogen-bond acceptors (Lipinski definition) is 10. The fourth-order valence-corrected chi connectivity index (χ4v) is 1.92. The van der Waals surface area contributed by atoms with Gasteiger partial charge in [-0.25, -0.2) is 8.78 Å². The lowest BCUT2D eigenvalue weighted by atomic mass is 9.97. The molecule has 0 amide bonds. The van der Waals surface area contributed by atoms with Gasteiger partial charge in [0, 0.05) is 12.8 Å². The number of alkyl halides is 4. The Labute approximate surface area is 180 Å². The van der Waals surface area contributed by atoms with Gasteiger partial charge in [-0.1, -0.05) is 0 Å². The monoisotopic (exact) mass is 488 g/mol. The van der Waals surface area contributed by atoms with Gasteiger partial charge in [0.2, 0.25) is 0 Å². The highest BCUT2D eigenvalue weighted by Crippen LogP contribution is 2.25. The van der Waals surface area contributed by atoms with Crippen LogP contribution in [0.1, 0.15) is 39.5 Å². The van der Waals surface area contributed by atoms with Gasteiger partial charge < -0.3 is 9.47 Å². The second-order valence-corrected chi connectivity index (χ2v) is 8.37. The molecule has 0 radical (unpaired) electrons. The van der Waals surface area contributed by atoms with E-state index in [1.54, 1.807) is 12.1 Å². The average Bonchev–Trinajstić information content (AvgIpc) is 2.71. The Morgan fingerprint density at radius 1 is 1.00 bits per heavy atom. The summed E-state index contributed by atoms with van der Waals surface area (Å²) >= 11 is 0. The first-order valence-electron chi connectivity index (χ1n) is 8.70. The van der Waals surface area contributed by atoms with Gasteiger partial charge >= 0.3 is 27.3 Å². The summed E-state index contributed by atoms with van der Waals surface area (Å²) in [6, 6.07) is 3.42. The number of rotatable bonds is 13. The molecule has 0 aromatic heterocycles. The van der Waals surface area contributed by atoms with E-state index < -0.39 is 77.3 Å². The molecule has 0 aromatic carbocycles. The Hall–Kier alpha value is -2.85. The summed E-state index contributed by atoms with van der Waals surface area (Å²) in [6.45, 7) is -0.627. The second kappa shape index (κ2) is 11.7. The second-order valence-electron chi connectivity index (χ2n) is 6.82. The average molecular weight is 488 g/mol. The minimum Gasteiger partial charge on any atom is -0.460 e. The summed E-state index contributed by atoms with van der Waals surface area (Å²) in [6.07, 6.45) is -4.70. The van der Waals surface area contributed by atoms with Crippen LogP contribution in [0.2, 0.25) is 0 Å². The van der Waals surface area contributed by atoms with E-state index in [0.717, 1.165) is 0 Å². The number of nitrogens with zero attached hydrogens (tertiary/aromatic N) is 4. The number of ether oxygens (including phenoxy) is 2. The molecule has 0 aliphatic carbocycles. The van der Waals surface area contributed by atoms with Crippen molar-refractivity contribution in [3.8, 4) is 12.1 Å². The molecule has 2 atom stereocenters. The SMILES string of the molecule is CC(C#N)(CCC(=O)OCC(F)F)N=NC(C)(C#N)CCC(=O)OCC(F)(F)S(=O)(=O)O. The lowest BCUT2D eigenvalue weighted by molar-refractivity contribution is -0.150. The summed E-state index contributed by atoms with van der Waals surface area (Å²) in [5.41, 5.74) is -3.39. The summed E-state index contributed by atoms with van der Waals surface area (Å²) in [4.78, 5) is 22.9. The van der Waals surface area contributed by atoms with Gasteiger partial charge in [0.1, 0.15) is 0 Å². The molecule has 0 bridgehead atoms. The first kappa shape index (κ1) is 29.1. The highest BCUT2D eigenvalue weighted by atomic mass is 32.2. The third kappa shape index (κ3) is 10.5. The number of nitriles is 2. The summed E-state index contributed by atoms with van der Waals surface area (Å²) in [5.74, 6) is -2.33. The van der Waals surface area contributed by atoms with Crippen molar-refractivity contribution in [1.82, 2.24) is 0 Å². The van der Waals surface area contributed by atoms with Crippen molar-refractivity contribution in [2.24, 2.45) is 10.2 Å². The Kier molecular flexibility index (Phi) is 10.6. The van der Waals surface area contributed by atoms with E-state index in [1.807, 2.05) is 0 Å². The zero-order valence-electron chi connectivity index (χ0n) is 16.9. The van der Waals surface area contributed by atoms with Gasteiger partial charge in [-0.3, -0.25) is 14.1 Å². The van der Waals surface area contributed by atoms with E-state index in [4.69, 9.17) is 4.55 Å². The van der Waals surface area contributed by atoms with Gasteiger partial charge in [-0.2, -0.15) is 38.0 Å². The highest BCUT2D eigenvalue weighted by molar-refractivity contribution is 7.86. The van der Waals surface area contributed by atoms with Crippen LogP contribution >= 0.6 is 0 Å². The van der Waals surface area contributed by atoms with Crippen molar-refractivity contribution in [3.63, 3.8) is 0 Å². The van der Waals surface area contributed by atoms with E-state index in [1.165, 1.54) is 13.8 Å². The molecule has 0 saturated carbocycles. The number of hydrogen-bond donors (Lipinski definition) is 1. The Morgan fingerprint density at radius 2 is 1.41 bits per heavy atom. The largest absolute Gasteiger partial charge is 0.460 e. The third-order valence-corrected chi connectivity index (χ3v) is 4.63. The van der Waals surface area contributed by atoms with E-state index in [9.17, 15) is 46.1 Å². The molecular formula is C16H20F4N4O7S. The number of azo groups is 1. The maximum absolute atomic E-state index is 13.0. The quantitative estimate of drug-likeness (QED) is 0.176.